The number of nitrogens with one attached hydrogen (secondary N) is 1. The van der Waals surface area contributed by atoms with Gasteiger partial charge in [0, 0.05) is 12.1 Å². The molecule has 0 saturated carbocycles. The van der Waals surface area contributed by atoms with Crippen molar-refractivity contribution in [1.82, 2.24) is 5.32 Å². The average Bonchev–Trinajstić information content (AvgIpc) is 2.27. The van der Waals surface area contributed by atoms with Gasteiger partial charge in [0.1, 0.15) is 5.75 Å². The fourth-order valence-electron chi connectivity index (χ4n) is 1.71. The third-order valence-electron chi connectivity index (χ3n) is 2.52. The van der Waals surface area contributed by atoms with Crippen LogP contribution in [-0.2, 0) is 6.42 Å². The number of β-amino-alcohol motifs (C(OH)–C–C–N with tert-alkyl or cyclic N) is 1. The SMILES string of the molecule is COc1ccc(CC(C)(C)NCCO)cc1. The fourth-order valence-corrected chi connectivity index (χ4v) is 1.71. The predicted molar refractivity (Wildman–Crippen MR) is 65.9 cm³/mol. The van der Waals surface area contributed by atoms with Crippen LogP contribution in [0.3, 0.4) is 0 Å². The maximum absolute atomic E-state index is 8.78. The summed E-state index contributed by atoms with van der Waals surface area (Å²) >= 11 is 0. The van der Waals surface area contributed by atoms with E-state index in [2.05, 4.69) is 31.3 Å². The minimum absolute atomic E-state index is 0.00266. The van der Waals surface area contributed by atoms with Gasteiger partial charge in [-0.25, -0.2) is 0 Å². The Bertz CT molecular complexity index is 306. The first kappa shape index (κ1) is 13.0. The smallest absolute Gasteiger partial charge is 0.118 e. The Hall–Kier alpha value is -1.06. The van der Waals surface area contributed by atoms with Crippen molar-refractivity contribution >= 4 is 0 Å². The van der Waals surface area contributed by atoms with Crippen molar-refractivity contribution in [3.8, 4) is 5.75 Å². The van der Waals surface area contributed by atoms with Gasteiger partial charge in [-0.1, -0.05) is 12.1 Å². The van der Waals surface area contributed by atoms with Gasteiger partial charge in [0.2, 0.25) is 0 Å². The van der Waals surface area contributed by atoms with E-state index in [0.29, 0.717) is 6.54 Å². The minimum atomic E-state index is -0.00266. The first-order chi connectivity index (χ1) is 7.57. The van der Waals surface area contributed by atoms with Gasteiger partial charge in [0.15, 0.2) is 0 Å². The van der Waals surface area contributed by atoms with Crippen molar-refractivity contribution in [1.29, 1.82) is 0 Å². The largest absolute Gasteiger partial charge is 0.497 e. The molecule has 3 heteroatoms. The minimum Gasteiger partial charge on any atom is -0.497 e. The molecule has 0 unspecified atom stereocenters. The lowest BCUT2D eigenvalue weighted by Crippen LogP contribution is -2.42. The summed E-state index contributed by atoms with van der Waals surface area (Å²) in [6, 6.07) is 8.08. The monoisotopic (exact) mass is 223 g/mol. The van der Waals surface area contributed by atoms with Crippen LogP contribution in [0.4, 0.5) is 0 Å². The number of hydrogen-bond acceptors (Lipinski definition) is 3. The fraction of sp³-hybridized carbons (Fsp3) is 0.538. The molecule has 1 aromatic rings. The molecule has 0 fully saturated rings. The summed E-state index contributed by atoms with van der Waals surface area (Å²) in [5, 5.41) is 12.1. The summed E-state index contributed by atoms with van der Waals surface area (Å²) in [7, 11) is 1.67. The molecule has 1 rings (SSSR count). The number of methoxy groups -OCH3 is 1. The summed E-state index contributed by atoms with van der Waals surface area (Å²) in [6.45, 7) is 5.06. The molecular formula is C13H21NO2. The van der Waals surface area contributed by atoms with Crippen LogP contribution >= 0.6 is 0 Å². The van der Waals surface area contributed by atoms with Gasteiger partial charge in [-0.3, -0.25) is 0 Å². The molecule has 2 N–H and O–H groups in total. The first-order valence-electron chi connectivity index (χ1n) is 5.56. The van der Waals surface area contributed by atoms with Crippen LogP contribution in [0.25, 0.3) is 0 Å². The zero-order valence-corrected chi connectivity index (χ0v) is 10.3. The first-order valence-corrected chi connectivity index (χ1v) is 5.56. The maximum atomic E-state index is 8.78. The number of rotatable bonds is 6. The van der Waals surface area contributed by atoms with Crippen molar-refractivity contribution in [2.45, 2.75) is 25.8 Å². The number of ether oxygens (including phenoxy) is 1. The lowest BCUT2D eigenvalue weighted by atomic mass is 9.95. The quantitative estimate of drug-likeness (QED) is 0.769. The lowest BCUT2D eigenvalue weighted by molar-refractivity contribution is 0.265. The Morgan fingerprint density at radius 1 is 1.25 bits per heavy atom. The van der Waals surface area contributed by atoms with Crippen LogP contribution in [0.5, 0.6) is 5.75 Å². The van der Waals surface area contributed by atoms with E-state index in [1.54, 1.807) is 7.11 Å². The molecule has 90 valence electrons. The summed E-state index contributed by atoms with van der Waals surface area (Å²) in [5.74, 6) is 0.880. The highest BCUT2D eigenvalue weighted by Crippen LogP contribution is 2.16. The maximum Gasteiger partial charge on any atom is 0.118 e. The molecular weight excluding hydrogens is 202 g/mol. The molecule has 0 atom stereocenters. The summed E-state index contributed by atoms with van der Waals surface area (Å²) < 4.78 is 5.12. The normalized spacial score (nSPS) is 11.5. The highest BCUT2D eigenvalue weighted by molar-refractivity contribution is 5.28. The zero-order chi connectivity index (χ0) is 12.0. The van der Waals surface area contributed by atoms with Crippen LogP contribution in [0.2, 0.25) is 0 Å². The molecule has 0 radical (unpaired) electrons. The van der Waals surface area contributed by atoms with Gasteiger partial charge in [-0.15, -0.1) is 0 Å². The summed E-state index contributed by atoms with van der Waals surface area (Å²) in [5.41, 5.74) is 1.26. The van der Waals surface area contributed by atoms with E-state index in [4.69, 9.17) is 9.84 Å². The summed E-state index contributed by atoms with van der Waals surface area (Å²) in [4.78, 5) is 0. The van der Waals surface area contributed by atoms with Crippen LogP contribution in [-0.4, -0.2) is 30.9 Å². The molecule has 0 aliphatic heterocycles. The zero-order valence-electron chi connectivity index (χ0n) is 10.3. The molecule has 0 amide bonds. The van der Waals surface area contributed by atoms with E-state index in [-0.39, 0.29) is 12.1 Å². The van der Waals surface area contributed by atoms with Gasteiger partial charge >= 0.3 is 0 Å². The topological polar surface area (TPSA) is 41.5 Å². The van der Waals surface area contributed by atoms with E-state index in [9.17, 15) is 0 Å². The van der Waals surface area contributed by atoms with Crippen LogP contribution < -0.4 is 10.1 Å². The van der Waals surface area contributed by atoms with Crippen molar-refractivity contribution in [3.63, 3.8) is 0 Å². The van der Waals surface area contributed by atoms with Gasteiger partial charge in [-0.05, 0) is 38.0 Å². The number of aliphatic hydroxyl groups excluding tert-OH is 1. The van der Waals surface area contributed by atoms with Crippen molar-refractivity contribution in [2.75, 3.05) is 20.3 Å². The van der Waals surface area contributed by atoms with Gasteiger partial charge < -0.3 is 15.2 Å². The second-order valence-corrected chi connectivity index (χ2v) is 4.56. The molecule has 0 aliphatic rings. The van der Waals surface area contributed by atoms with Crippen molar-refractivity contribution in [3.05, 3.63) is 29.8 Å². The summed E-state index contributed by atoms with van der Waals surface area (Å²) in [6.07, 6.45) is 0.928. The molecule has 1 aromatic carbocycles. The third-order valence-corrected chi connectivity index (χ3v) is 2.52. The number of hydrogen-bond donors (Lipinski definition) is 2. The highest BCUT2D eigenvalue weighted by Gasteiger charge is 2.16. The van der Waals surface area contributed by atoms with E-state index >= 15 is 0 Å². The Balaban J connectivity index is 2.57. The second-order valence-electron chi connectivity index (χ2n) is 4.56. The standard InChI is InChI=1S/C13H21NO2/c1-13(2,14-8-9-15)10-11-4-6-12(16-3)7-5-11/h4-7,14-15H,8-10H2,1-3H3. The second kappa shape index (κ2) is 5.87. The molecule has 16 heavy (non-hydrogen) atoms. The van der Waals surface area contributed by atoms with Crippen molar-refractivity contribution < 1.29 is 9.84 Å². The Labute approximate surface area is 97.4 Å². The highest BCUT2D eigenvalue weighted by atomic mass is 16.5. The number of benzene rings is 1. The molecule has 0 aromatic heterocycles. The van der Waals surface area contributed by atoms with Crippen LogP contribution in [0, 0.1) is 0 Å². The lowest BCUT2D eigenvalue weighted by Gasteiger charge is -2.26. The van der Waals surface area contributed by atoms with Gasteiger partial charge in [0.05, 0.1) is 13.7 Å². The molecule has 0 spiro atoms. The van der Waals surface area contributed by atoms with Gasteiger partial charge in [-0.2, -0.15) is 0 Å². The van der Waals surface area contributed by atoms with Gasteiger partial charge in [0.25, 0.3) is 0 Å². The molecule has 3 nitrogen and oxygen atoms in total. The third kappa shape index (κ3) is 4.21. The Kier molecular flexibility index (Phi) is 4.77. The van der Waals surface area contributed by atoms with E-state index in [0.717, 1.165) is 12.2 Å². The molecule has 0 aliphatic carbocycles. The van der Waals surface area contributed by atoms with Crippen LogP contribution in [0.15, 0.2) is 24.3 Å². The average molecular weight is 223 g/mol. The van der Waals surface area contributed by atoms with E-state index in [1.165, 1.54) is 5.56 Å². The molecule has 0 heterocycles. The van der Waals surface area contributed by atoms with E-state index in [1.807, 2.05) is 12.1 Å². The van der Waals surface area contributed by atoms with E-state index < -0.39 is 0 Å². The molecule has 0 bridgehead atoms. The Morgan fingerprint density at radius 2 is 1.88 bits per heavy atom. The Morgan fingerprint density at radius 3 is 2.38 bits per heavy atom. The number of aliphatic hydroxyl groups is 1. The molecule has 0 saturated heterocycles. The van der Waals surface area contributed by atoms with Crippen LogP contribution in [0.1, 0.15) is 19.4 Å². The predicted octanol–water partition coefficient (Wildman–Crippen LogP) is 1.60. The van der Waals surface area contributed by atoms with Crippen molar-refractivity contribution in [2.24, 2.45) is 0 Å².